The summed E-state index contributed by atoms with van der Waals surface area (Å²) >= 11 is -3.47. The summed E-state index contributed by atoms with van der Waals surface area (Å²) in [6.07, 6.45) is 4.08. The van der Waals surface area contributed by atoms with Crippen molar-refractivity contribution in [2.45, 2.75) is 34.6 Å². The number of nitrogens with one attached hydrogen (secondary N) is 1. The minimum absolute atomic E-state index is 0.104. The molecule has 160 valence electrons. The van der Waals surface area contributed by atoms with Gasteiger partial charge in [0.05, 0.1) is 0 Å². The molecule has 29 heavy (non-hydrogen) atoms. The number of benzene rings is 1. The molecule has 0 radical (unpaired) electrons. The summed E-state index contributed by atoms with van der Waals surface area (Å²) in [6.45, 7) is 9.53. The van der Waals surface area contributed by atoms with Crippen LogP contribution in [0.4, 0.5) is 8.78 Å². The first-order valence-electron chi connectivity index (χ1n) is 9.60. The normalized spacial score (nSPS) is 19.3. The SMILES string of the molecule is CC1=[C]([Ti+2]2([NH]C(=O)C(C)(C)C)[c]3cc(F)cc(F)[c]32)C(C)C=C1.C[N-]C.C[N-]C. The summed E-state index contributed by atoms with van der Waals surface area (Å²) in [5, 5.41) is 7.00. The van der Waals surface area contributed by atoms with Crippen LogP contribution in [-0.4, -0.2) is 34.1 Å². The fourth-order valence-corrected chi connectivity index (χ4v) is 11.6. The third kappa shape index (κ3) is 5.43. The molecule has 0 bridgehead atoms. The van der Waals surface area contributed by atoms with Crippen LogP contribution in [0.2, 0.25) is 0 Å². The molecule has 1 N–H and O–H groups in total. The van der Waals surface area contributed by atoms with Gasteiger partial charge in [-0.2, -0.15) is 28.2 Å². The Hall–Kier alpha value is -1.34. The van der Waals surface area contributed by atoms with Crippen molar-refractivity contribution in [3.63, 3.8) is 0 Å². The Balaban J connectivity index is 0.000000626. The summed E-state index contributed by atoms with van der Waals surface area (Å²) in [7, 11) is 7.00. The van der Waals surface area contributed by atoms with Gasteiger partial charge >= 0.3 is 139 Å². The molecule has 1 aliphatic heterocycles. The van der Waals surface area contributed by atoms with Crippen LogP contribution in [0.25, 0.3) is 10.6 Å². The van der Waals surface area contributed by atoms with E-state index in [9.17, 15) is 13.6 Å². The van der Waals surface area contributed by atoms with Crippen molar-refractivity contribution >= 4 is 13.6 Å². The molecule has 0 saturated carbocycles. The number of amides is 1. The first-order valence-corrected chi connectivity index (χ1v) is 12.7. The van der Waals surface area contributed by atoms with Gasteiger partial charge in [0.15, 0.2) is 0 Å². The second-order valence-corrected chi connectivity index (χ2v) is 13.6. The largest absolute Gasteiger partial charge is 0.668 e. The van der Waals surface area contributed by atoms with Crippen molar-refractivity contribution < 1.29 is 30.4 Å². The Morgan fingerprint density at radius 3 is 2.03 bits per heavy atom. The van der Waals surface area contributed by atoms with E-state index in [1.54, 1.807) is 28.2 Å². The Morgan fingerprint density at radius 1 is 1.10 bits per heavy atom. The van der Waals surface area contributed by atoms with Crippen molar-refractivity contribution in [1.82, 2.24) is 3.80 Å². The third-order valence-corrected chi connectivity index (χ3v) is 11.7. The van der Waals surface area contributed by atoms with Crippen LogP contribution in [0.3, 0.4) is 0 Å². The van der Waals surface area contributed by atoms with Crippen molar-refractivity contribution in [1.29, 1.82) is 0 Å². The predicted molar refractivity (Wildman–Crippen MR) is 115 cm³/mol. The number of rotatable bonds is 2. The Bertz CT molecular complexity index is 813. The molecule has 3 rings (SSSR count). The molecule has 7 heteroatoms. The van der Waals surface area contributed by atoms with Crippen molar-refractivity contribution in [3.8, 4) is 0 Å². The Morgan fingerprint density at radius 2 is 1.62 bits per heavy atom. The van der Waals surface area contributed by atoms with Crippen molar-refractivity contribution in [2.24, 2.45) is 11.3 Å². The van der Waals surface area contributed by atoms with Gasteiger partial charge < -0.3 is 10.6 Å². The van der Waals surface area contributed by atoms with E-state index in [1.165, 1.54) is 6.07 Å². The summed E-state index contributed by atoms with van der Waals surface area (Å²) in [5.74, 6) is -1.05. The zero-order valence-corrected chi connectivity index (χ0v) is 20.5. The summed E-state index contributed by atoms with van der Waals surface area (Å²) in [6, 6.07) is 2.34. The minimum atomic E-state index is -3.47. The summed E-state index contributed by atoms with van der Waals surface area (Å²) < 4.78 is 33.7. The third-order valence-electron chi connectivity index (χ3n) is 4.67. The van der Waals surface area contributed by atoms with Gasteiger partial charge in [-0.1, -0.05) is 0 Å². The number of fused-ring (bicyclic) bond motifs is 1. The van der Waals surface area contributed by atoms with Crippen LogP contribution < -0.4 is 11.5 Å². The molecule has 2 atom stereocenters. The van der Waals surface area contributed by atoms with Gasteiger partial charge in [-0.15, -0.1) is 0 Å². The maximum Gasteiger partial charge on any atom is -0.162 e. The summed E-state index contributed by atoms with van der Waals surface area (Å²) in [5.41, 5.74) is 0.500. The Kier molecular flexibility index (Phi) is 8.97. The van der Waals surface area contributed by atoms with E-state index in [0.717, 1.165) is 15.5 Å². The standard InChI is InChI=1S/C7H9.C6H2F2.C5H11NO.2C2H6N.Ti/c1-6-3-4-7(2)5-6;7-5-2-1-3-6(8)4-5;1-5(2,3)4(6)7;2*1-3-2;/h3-4,6H,1-2H3;2,4H;1-3H3,(H2,6,7);2*1-2H3;/q;;;2*-1;+3/p-1. The van der Waals surface area contributed by atoms with Gasteiger partial charge in [0.25, 0.3) is 0 Å². The molecule has 4 nitrogen and oxygen atoms in total. The molecule has 0 fully saturated rings. The smallest absolute Gasteiger partial charge is 0.162 e. The summed E-state index contributed by atoms with van der Waals surface area (Å²) in [4.78, 5) is 12.6. The van der Waals surface area contributed by atoms with Crippen LogP contribution >= 0.6 is 0 Å². The average Bonchev–Trinajstić information content (AvgIpc) is 3.07. The zero-order valence-electron chi connectivity index (χ0n) is 18.9. The van der Waals surface area contributed by atoms with Crippen LogP contribution in [0.5, 0.6) is 0 Å². The van der Waals surface area contributed by atoms with Gasteiger partial charge in [0.2, 0.25) is 0 Å². The second kappa shape index (κ2) is 10.1. The van der Waals surface area contributed by atoms with E-state index in [4.69, 9.17) is 0 Å². The van der Waals surface area contributed by atoms with Gasteiger partial charge in [-0.05, 0) is 0 Å². The number of halogens is 2. The molecule has 1 heterocycles. The first kappa shape index (κ1) is 25.7. The van der Waals surface area contributed by atoms with Crippen LogP contribution in [-0.2, 0) is 21.6 Å². The van der Waals surface area contributed by atoms with Crippen LogP contribution in [0.15, 0.2) is 33.7 Å². The number of hydrogen-bond acceptors (Lipinski definition) is 1. The van der Waals surface area contributed by atoms with Crippen LogP contribution in [0.1, 0.15) is 34.6 Å². The van der Waals surface area contributed by atoms with Gasteiger partial charge in [0, 0.05) is 0 Å². The molecule has 2 aliphatic rings. The second-order valence-electron chi connectivity index (χ2n) is 8.40. The van der Waals surface area contributed by atoms with Gasteiger partial charge in [-0.3, -0.25) is 0 Å². The molecule has 1 aromatic rings. The number of carbonyl (C=O) groups is 1. The minimum Gasteiger partial charge on any atom is -0.668 e. The van der Waals surface area contributed by atoms with E-state index in [2.05, 4.69) is 20.5 Å². The number of nitrogens with zero attached hydrogens (tertiary/aromatic N) is 2. The fourth-order valence-electron chi connectivity index (χ4n) is 3.47. The topological polar surface area (TPSA) is 57.3 Å². The van der Waals surface area contributed by atoms with E-state index in [0.29, 0.717) is 7.74 Å². The molecule has 1 amide bonds. The monoisotopic (exact) mass is 441 g/mol. The van der Waals surface area contributed by atoms with Gasteiger partial charge in [-0.25, -0.2) is 0 Å². The van der Waals surface area contributed by atoms with Crippen molar-refractivity contribution in [2.75, 3.05) is 28.2 Å². The number of carbonyl (C=O) groups excluding carboxylic acids is 1. The number of hydrogen-bond donors (Lipinski definition) is 1. The Labute approximate surface area is 177 Å². The molecule has 1 aliphatic carbocycles. The predicted octanol–water partition coefficient (Wildman–Crippen LogP) is 4.18. The zero-order chi connectivity index (χ0) is 22.6. The molecule has 2 unspecified atom stereocenters. The fraction of sp³-hybridized carbons (Fsp3) is 0.500. The first-order chi connectivity index (χ1) is 13.4. The molecular formula is C22H33F2N3OTi. The van der Waals surface area contributed by atoms with Crippen molar-refractivity contribution in [3.05, 3.63) is 56.0 Å². The quantitative estimate of drug-likeness (QED) is 0.688. The molecular weight excluding hydrogens is 408 g/mol. The number of allylic oxidation sites excluding steroid dienone is 4. The molecule has 0 saturated heterocycles. The maximum atomic E-state index is 14.4. The molecule has 1 aromatic carbocycles. The van der Waals surface area contributed by atoms with E-state index in [-0.39, 0.29) is 11.8 Å². The molecule has 0 aromatic heterocycles. The average molecular weight is 441 g/mol. The van der Waals surface area contributed by atoms with Crippen LogP contribution in [0, 0.1) is 23.0 Å². The maximum absolute atomic E-state index is 14.4. The van der Waals surface area contributed by atoms with E-state index in [1.807, 2.05) is 40.7 Å². The van der Waals surface area contributed by atoms with E-state index < -0.39 is 33.9 Å². The van der Waals surface area contributed by atoms with Gasteiger partial charge in [0.1, 0.15) is 0 Å². The van der Waals surface area contributed by atoms with E-state index >= 15 is 0 Å². The molecule has 0 spiro atoms.